The number of piperidine rings is 1. The highest BCUT2D eigenvalue weighted by atomic mass is 16.2. The molecule has 0 aliphatic carbocycles. The average Bonchev–Trinajstić information content (AvgIpc) is 2.92. The minimum absolute atomic E-state index is 0.151. The number of hydrogen-bond acceptors (Lipinski definition) is 3. The molecule has 3 rings (SSSR count). The minimum Gasteiger partial charge on any atom is -0.351 e. The summed E-state index contributed by atoms with van der Waals surface area (Å²) in [4.78, 5) is 27.6. The molecular weight excluding hydrogens is 280 g/mol. The summed E-state index contributed by atoms with van der Waals surface area (Å²) in [5.74, 6) is 0.151. The van der Waals surface area contributed by atoms with E-state index in [4.69, 9.17) is 5.73 Å². The average molecular weight is 302 g/mol. The third kappa shape index (κ3) is 2.78. The third-order valence-electron chi connectivity index (χ3n) is 4.81. The lowest BCUT2D eigenvalue weighted by Gasteiger charge is -2.43. The number of likely N-dealkylation sites (tertiary alicyclic amines) is 1. The summed E-state index contributed by atoms with van der Waals surface area (Å²) in [6.45, 7) is 2.62. The molecule has 3 N–H and O–H groups in total. The van der Waals surface area contributed by atoms with Crippen molar-refractivity contribution in [1.29, 1.82) is 0 Å². The monoisotopic (exact) mass is 302 g/mol. The number of amides is 3. The molecule has 22 heavy (non-hydrogen) atoms. The third-order valence-corrected chi connectivity index (χ3v) is 4.81. The number of hydrogen-bond donors (Lipinski definition) is 2. The highest BCUT2D eigenvalue weighted by molar-refractivity contribution is 5.79. The zero-order valence-electron chi connectivity index (χ0n) is 12.6. The van der Waals surface area contributed by atoms with Crippen LogP contribution in [-0.2, 0) is 11.2 Å². The van der Waals surface area contributed by atoms with Gasteiger partial charge in [-0.3, -0.25) is 10.1 Å². The number of nitrogens with two attached hydrogens (primary N) is 1. The molecule has 0 bridgehead atoms. The fourth-order valence-electron chi connectivity index (χ4n) is 3.48. The van der Waals surface area contributed by atoms with Crippen LogP contribution in [0.25, 0.3) is 0 Å². The van der Waals surface area contributed by atoms with Gasteiger partial charge in [0.1, 0.15) is 0 Å². The smallest absolute Gasteiger partial charge is 0.316 e. The summed E-state index contributed by atoms with van der Waals surface area (Å²) in [6.07, 6.45) is 2.00. The molecule has 0 aromatic heterocycles. The van der Waals surface area contributed by atoms with Crippen LogP contribution in [0.5, 0.6) is 0 Å². The Bertz CT molecular complexity index is 553. The van der Waals surface area contributed by atoms with Crippen molar-refractivity contribution in [3.63, 3.8) is 0 Å². The van der Waals surface area contributed by atoms with Crippen molar-refractivity contribution >= 4 is 11.9 Å². The molecule has 2 heterocycles. The number of carbonyl (C=O) groups excluding carboxylic acids is 2. The Morgan fingerprint density at radius 2 is 1.86 bits per heavy atom. The molecule has 3 amide bonds. The van der Waals surface area contributed by atoms with E-state index in [-0.39, 0.29) is 17.5 Å². The van der Waals surface area contributed by atoms with E-state index in [0.29, 0.717) is 26.2 Å². The number of benzene rings is 1. The second-order valence-electron chi connectivity index (χ2n) is 6.12. The van der Waals surface area contributed by atoms with Crippen molar-refractivity contribution in [2.75, 3.05) is 26.3 Å². The zero-order valence-corrected chi connectivity index (χ0v) is 12.6. The molecule has 0 unspecified atom stereocenters. The van der Waals surface area contributed by atoms with Gasteiger partial charge in [0.25, 0.3) is 0 Å². The number of nitrogens with one attached hydrogen (secondary N) is 1. The van der Waals surface area contributed by atoms with Gasteiger partial charge in [-0.05, 0) is 18.4 Å². The maximum atomic E-state index is 12.4. The van der Waals surface area contributed by atoms with Gasteiger partial charge in [-0.25, -0.2) is 4.79 Å². The molecule has 6 nitrogen and oxygen atoms in total. The highest BCUT2D eigenvalue weighted by Gasteiger charge is 2.45. The number of rotatable bonds is 2. The van der Waals surface area contributed by atoms with Gasteiger partial charge in [-0.1, -0.05) is 30.3 Å². The van der Waals surface area contributed by atoms with E-state index < -0.39 is 0 Å². The van der Waals surface area contributed by atoms with Crippen molar-refractivity contribution in [3.8, 4) is 0 Å². The molecule has 0 radical (unpaired) electrons. The normalized spacial score (nSPS) is 20.4. The van der Waals surface area contributed by atoms with Gasteiger partial charge in [0.15, 0.2) is 0 Å². The van der Waals surface area contributed by atoms with Crippen LogP contribution < -0.4 is 11.1 Å². The molecule has 2 saturated heterocycles. The molecule has 6 heteroatoms. The molecule has 0 atom stereocenters. The predicted octanol–water partition coefficient (Wildman–Crippen LogP) is 0.532. The minimum atomic E-state index is -0.380. The topological polar surface area (TPSA) is 78.7 Å². The maximum absolute atomic E-state index is 12.4. The van der Waals surface area contributed by atoms with E-state index >= 15 is 0 Å². The van der Waals surface area contributed by atoms with Crippen LogP contribution in [0.1, 0.15) is 18.4 Å². The van der Waals surface area contributed by atoms with Crippen molar-refractivity contribution in [2.45, 2.75) is 24.8 Å². The van der Waals surface area contributed by atoms with Gasteiger partial charge < -0.3 is 15.5 Å². The number of carbonyl (C=O) groups is 2. The SMILES string of the molecule is NC(=O)N1CNCC12CCN(C(=O)Cc1ccccc1)CC2. The summed E-state index contributed by atoms with van der Waals surface area (Å²) in [6, 6.07) is 9.40. The number of nitrogens with zero attached hydrogens (tertiary/aromatic N) is 2. The van der Waals surface area contributed by atoms with Crippen LogP contribution >= 0.6 is 0 Å². The molecule has 1 aromatic carbocycles. The first-order valence-corrected chi connectivity index (χ1v) is 7.70. The van der Waals surface area contributed by atoms with Gasteiger partial charge in [0, 0.05) is 19.6 Å². The van der Waals surface area contributed by atoms with Crippen molar-refractivity contribution < 1.29 is 9.59 Å². The molecular formula is C16H22N4O2. The second-order valence-corrected chi connectivity index (χ2v) is 6.12. The standard InChI is InChI=1S/C16H22N4O2/c17-15(22)20-12-18-11-16(20)6-8-19(9-7-16)14(21)10-13-4-2-1-3-5-13/h1-5,18H,6-12H2,(H2,17,22). The van der Waals surface area contributed by atoms with Crippen LogP contribution in [0, 0.1) is 0 Å². The largest absolute Gasteiger partial charge is 0.351 e. The Morgan fingerprint density at radius 3 is 2.50 bits per heavy atom. The lowest BCUT2D eigenvalue weighted by molar-refractivity contribution is -0.132. The highest BCUT2D eigenvalue weighted by Crippen LogP contribution is 2.31. The number of primary amides is 1. The zero-order chi connectivity index (χ0) is 15.6. The van der Waals surface area contributed by atoms with Crippen LogP contribution in [0.15, 0.2) is 30.3 Å². The summed E-state index contributed by atoms with van der Waals surface area (Å²) in [7, 11) is 0. The Kier molecular flexibility index (Phi) is 4.02. The summed E-state index contributed by atoms with van der Waals surface area (Å²) in [5, 5.41) is 3.22. The summed E-state index contributed by atoms with van der Waals surface area (Å²) in [5.41, 5.74) is 6.29. The summed E-state index contributed by atoms with van der Waals surface area (Å²) >= 11 is 0. The van der Waals surface area contributed by atoms with Gasteiger partial charge in [0.05, 0.1) is 18.6 Å². The molecule has 2 fully saturated rings. The maximum Gasteiger partial charge on any atom is 0.316 e. The van der Waals surface area contributed by atoms with Gasteiger partial charge in [-0.15, -0.1) is 0 Å². The van der Waals surface area contributed by atoms with Gasteiger partial charge in [0.2, 0.25) is 5.91 Å². The lowest BCUT2D eigenvalue weighted by Crippen LogP contribution is -2.57. The first-order valence-electron chi connectivity index (χ1n) is 7.70. The molecule has 1 aromatic rings. The Balaban J connectivity index is 1.60. The van der Waals surface area contributed by atoms with Gasteiger partial charge >= 0.3 is 6.03 Å². The molecule has 1 spiro atoms. The van der Waals surface area contributed by atoms with Gasteiger partial charge in [-0.2, -0.15) is 0 Å². The van der Waals surface area contributed by atoms with Crippen LogP contribution in [0.2, 0.25) is 0 Å². The van der Waals surface area contributed by atoms with E-state index in [1.807, 2.05) is 35.2 Å². The van der Waals surface area contributed by atoms with E-state index in [2.05, 4.69) is 5.32 Å². The van der Waals surface area contributed by atoms with Crippen molar-refractivity contribution in [2.24, 2.45) is 5.73 Å². The summed E-state index contributed by atoms with van der Waals surface area (Å²) < 4.78 is 0. The van der Waals surface area contributed by atoms with Crippen LogP contribution in [-0.4, -0.2) is 53.6 Å². The fourth-order valence-corrected chi connectivity index (χ4v) is 3.48. The van der Waals surface area contributed by atoms with E-state index in [1.165, 1.54) is 0 Å². The second kappa shape index (κ2) is 5.96. The first kappa shape index (κ1) is 14.8. The molecule has 0 saturated carbocycles. The van der Waals surface area contributed by atoms with E-state index in [0.717, 1.165) is 24.9 Å². The van der Waals surface area contributed by atoms with Crippen molar-refractivity contribution in [3.05, 3.63) is 35.9 Å². The Hall–Kier alpha value is -2.08. The Labute approximate surface area is 130 Å². The first-order chi connectivity index (χ1) is 10.6. The Morgan fingerprint density at radius 1 is 1.18 bits per heavy atom. The van der Waals surface area contributed by atoms with Crippen molar-refractivity contribution in [1.82, 2.24) is 15.1 Å². The number of urea groups is 1. The van der Waals surface area contributed by atoms with Crippen LogP contribution in [0.3, 0.4) is 0 Å². The van der Waals surface area contributed by atoms with Crippen LogP contribution in [0.4, 0.5) is 4.79 Å². The fraction of sp³-hybridized carbons (Fsp3) is 0.500. The molecule has 2 aliphatic heterocycles. The lowest BCUT2D eigenvalue weighted by atomic mass is 9.87. The predicted molar refractivity (Wildman–Crippen MR) is 83.0 cm³/mol. The quantitative estimate of drug-likeness (QED) is 0.836. The molecule has 2 aliphatic rings. The van der Waals surface area contributed by atoms with E-state index in [9.17, 15) is 9.59 Å². The molecule has 118 valence electrons. The van der Waals surface area contributed by atoms with E-state index in [1.54, 1.807) is 4.90 Å².